The number of thiocarbonyl (C=S) groups is 1. The van der Waals surface area contributed by atoms with Gasteiger partial charge in [-0.3, -0.25) is 5.43 Å². The molecule has 0 fully saturated rings. The van der Waals surface area contributed by atoms with Crippen LogP contribution in [0.1, 0.15) is 11.1 Å². The summed E-state index contributed by atoms with van der Waals surface area (Å²) >= 11 is 5.26. The van der Waals surface area contributed by atoms with Crippen LogP contribution < -0.4 is 20.2 Å². The molecule has 5 nitrogen and oxygen atoms in total. The Morgan fingerprint density at radius 2 is 1.68 bits per heavy atom. The molecule has 0 aliphatic heterocycles. The van der Waals surface area contributed by atoms with Crippen LogP contribution >= 0.6 is 12.2 Å². The first-order valence-corrected chi connectivity index (χ1v) is 9.15. The Morgan fingerprint density at radius 1 is 0.964 bits per heavy atom. The number of hydrogen-bond acceptors (Lipinski definition) is 4. The molecule has 0 aliphatic carbocycles. The predicted octanol–water partition coefficient (Wildman–Crippen LogP) is 4.59. The van der Waals surface area contributed by atoms with E-state index >= 15 is 0 Å². The quantitative estimate of drug-likeness (QED) is 0.350. The molecule has 0 radical (unpaired) electrons. The Kier molecular flexibility index (Phi) is 6.98. The van der Waals surface area contributed by atoms with Crippen LogP contribution in [0.15, 0.2) is 84.0 Å². The van der Waals surface area contributed by atoms with Crippen molar-refractivity contribution in [2.24, 2.45) is 5.10 Å². The summed E-state index contributed by atoms with van der Waals surface area (Å²) in [6.07, 6.45) is 1.68. The molecule has 2 N–H and O–H groups in total. The lowest BCUT2D eigenvalue weighted by Gasteiger charge is -2.10. The molecule has 0 aliphatic rings. The van der Waals surface area contributed by atoms with Crippen LogP contribution in [0.2, 0.25) is 0 Å². The summed E-state index contributed by atoms with van der Waals surface area (Å²) in [6, 6.07) is 25.2. The number of benzene rings is 3. The molecule has 0 spiro atoms. The summed E-state index contributed by atoms with van der Waals surface area (Å²) in [6.45, 7) is 0.497. The van der Waals surface area contributed by atoms with Crippen molar-refractivity contribution in [1.82, 2.24) is 5.43 Å². The van der Waals surface area contributed by atoms with Gasteiger partial charge in [0.05, 0.1) is 13.3 Å². The van der Waals surface area contributed by atoms with Crippen LogP contribution in [0.3, 0.4) is 0 Å². The highest BCUT2D eigenvalue weighted by Crippen LogP contribution is 2.18. The van der Waals surface area contributed by atoms with Gasteiger partial charge in [-0.1, -0.05) is 42.5 Å². The van der Waals surface area contributed by atoms with E-state index in [1.165, 1.54) is 0 Å². The van der Waals surface area contributed by atoms with Crippen LogP contribution in [0, 0.1) is 0 Å². The van der Waals surface area contributed by atoms with Gasteiger partial charge in [0.1, 0.15) is 18.1 Å². The van der Waals surface area contributed by atoms with Crippen molar-refractivity contribution in [3.05, 3.63) is 90.0 Å². The van der Waals surface area contributed by atoms with Gasteiger partial charge < -0.3 is 14.8 Å². The van der Waals surface area contributed by atoms with Gasteiger partial charge >= 0.3 is 0 Å². The SMILES string of the molecule is COc1ccc(NC(=S)NN=Cc2ccccc2OCc2ccccc2)cc1. The molecule has 0 saturated heterocycles. The summed E-state index contributed by atoms with van der Waals surface area (Å²) < 4.78 is 11.1. The van der Waals surface area contributed by atoms with Crippen LogP contribution in [-0.2, 0) is 6.61 Å². The van der Waals surface area contributed by atoms with Gasteiger partial charge in [-0.2, -0.15) is 5.10 Å². The number of methoxy groups -OCH3 is 1. The van der Waals surface area contributed by atoms with Crippen molar-refractivity contribution in [2.75, 3.05) is 12.4 Å². The Hall–Kier alpha value is -3.38. The first-order chi connectivity index (χ1) is 13.7. The van der Waals surface area contributed by atoms with Crippen molar-refractivity contribution in [2.45, 2.75) is 6.61 Å². The summed E-state index contributed by atoms with van der Waals surface area (Å²) in [5, 5.41) is 7.66. The van der Waals surface area contributed by atoms with Gasteiger partial charge in [-0.15, -0.1) is 0 Å². The summed E-state index contributed by atoms with van der Waals surface area (Å²) in [5.74, 6) is 1.54. The highest BCUT2D eigenvalue weighted by atomic mass is 32.1. The zero-order valence-corrected chi connectivity index (χ0v) is 16.3. The molecular weight excluding hydrogens is 370 g/mol. The van der Waals surface area contributed by atoms with E-state index in [0.717, 1.165) is 28.3 Å². The fourth-order valence-corrected chi connectivity index (χ4v) is 2.62. The number of nitrogens with zero attached hydrogens (tertiary/aromatic N) is 1. The number of nitrogens with one attached hydrogen (secondary N) is 2. The third kappa shape index (κ3) is 5.82. The molecule has 0 bridgehead atoms. The van der Waals surface area contributed by atoms with E-state index in [4.69, 9.17) is 21.7 Å². The van der Waals surface area contributed by atoms with Crippen LogP contribution in [0.25, 0.3) is 0 Å². The maximum Gasteiger partial charge on any atom is 0.191 e. The Labute approximate surface area is 170 Å². The Bertz CT molecular complexity index is 928. The van der Waals surface area contributed by atoms with E-state index in [9.17, 15) is 0 Å². The van der Waals surface area contributed by atoms with Gasteiger partial charge in [-0.05, 0) is 54.2 Å². The molecule has 6 heteroatoms. The second-order valence-corrected chi connectivity index (χ2v) is 6.27. The molecule has 142 valence electrons. The molecule has 0 unspecified atom stereocenters. The van der Waals surface area contributed by atoms with Crippen LogP contribution in [0.4, 0.5) is 5.69 Å². The van der Waals surface area contributed by atoms with E-state index in [1.807, 2.05) is 78.9 Å². The predicted molar refractivity (Wildman–Crippen MR) is 117 cm³/mol. The highest BCUT2D eigenvalue weighted by Gasteiger charge is 2.02. The molecule has 3 rings (SSSR count). The van der Waals surface area contributed by atoms with Gasteiger partial charge in [0, 0.05) is 11.3 Å². The lowest BCUT2D eigenvalue weighted by molar-refractivity contribution is 0.306. The van der Waals surface area contributed by atoms with E-state index in [2.05, 4.69) is 15.8 Å². The molecule has 28 heavy (non-hydrogen) atoms. The van der Waals surface area contributed by atoms with Crippen molar-refractivity contribution >= 4 is 29.2 Å². The molecule has 0 atom stereocenters. The number of anilines is 1. The normalized spacial score (nSPS) is 10.5. The minimum Gasteiger partial charge on any atom is -0.497 e. The minimum absolute atomic E-state index is 0.393. The summed E-state index contributed by atoms with van der Waals surface area (Å²) in [7, 11) is 1.63. The minimum atomic E-state index is 0.393. The van der Waals surface area contributed by atoms with Gasteiger partial charge in [0.2, 0.25) is 0 Å². The maximum absolute atomic E-state index is 5.92. The third-order valence-corrected chi connectivity index (χ3v) is 4.07. The molecule has 3 aromatic carbocycles. The van der Waals surface area contributed by atoms with Crippen LogP contribution in [0.5, 0.6) is 11.5 Å². The Morgan fingerprint density at radius 3 is 2.43 bits per heavy atom. The highest BCUT2D eigenvalue weighted by molar-refractivity contribution is 7.80. The number of para-hydroxylation sites is 1. The van der Waals surface area contributed by atoms with Gasteiger partial charge in [-0.25, -0.2) is 0 Å². The van der Waals surface area contributed by atoms with E-state index in [0.29, 0.717) is 11.7 Å². The van der Waals surface area contributed by atoms with E-state index in [-0.39, 0.29) is 0 Å². The third-order valence-electron chi connectivity index (χ3n) is 3.87. The lowest BCUT2D eigenvalue weighted by Crippen LogP contribution is -2.23. The number of hydrazone groups is 1. The second-order valence-electron chi connectivity index (χ2n) is 5.86. The molecular formula is C22H21N3O2S. The summed E-state index contributed by atoms with van der Waals surface area (Å²) in [5.41, 5.74) is 5.63. The zero-order chi connectivity index (χ0) is 19.6. The standard InChI is InChI=1S/C22H21N3O2S/c1-26-20-13-11-19(12-14-20)24-22(28)25-23-15-18-9-5-6-10-21(18)27-16-17-7-3-2-4-8-17/h2-15H,16H2,1H3,(H2,24,25,28). The second kappa shape index (κ2) is 10.1. The molecule has 0 heterocycles. The fraction of sp³-hybridized carbons (Fsp3) is 0.0909. The molecule has 0 saturated carbocycles. The monoisotopic (exact) mass is 391 g/mol. The summed E-state index contributed by atoms with van der Waals surface area (Å²) in [4.78, 5) is 0. The first kappa shape index (κ1) is 19.4. The zero-order valence-electron chi connectivity index (χ0n) is 15.5. The van der Waals surface area contributed by atoms with Crippen molar-refractivity contribution in [1.29, 1.82) is 0 Å². The average molecular weight is 391 g/mol. The van der Waals surface area contributed by atoms with Crippen molar-refractivity contribution in [3.63, 3.8) is 0 Å². The smallest absolute Gasteiger partial charge is 0.191 e. The molecule has 0 amide bonds. The first-order valence-electron chi connectivity index (χ1n) is 8.74. The number of rotatable bonds is 7. The fourth-order valence-electron chi connectivity index (χ4n) is 2.45. The maximum atomic E-state index is 5.92. The van der Waals surface area contributed by atoms with E-state index < -0.39 is 0 Å². The number of hydrogen-bond donors (Lipinski definition) is 2. The van der Waals surface area contributed by atoms with Gasteiger partial charge in [0.15, 0.2) is 5.11 Å². The van der Waals surface area contributed by atoms with Crippen molar-refractivity contribution < 1.29 is 9.47 Å². The van der Waals surface area contributed by atoms with Crippen molar-refractivity contribution in [3.8, 4) is 11.5 Å². The lowest BCUT2D eigenvalue weighted by atomic mass is 10.2. The number of ether oxygens (including phenoxy) is 2. The topological polar surface area (TPSA) is 54.9 Å². The molecule has 0 aromatic heterocycles. The van der Waals surface area contributed by atoms with E-state index in [1.54, 1.807) is 13.3 Å². The molecule has 3 aromatic rings. The van der Waals surface area contributed by atoms with Gasteiger partial charge in [0.25, 0.3) is 0 Å². The Balaban J connectivity index is 1.55. The largest absolute Gasteiger partial charge is 0.497 e. The van der Waals surface area contributed by atoms with Crippen LogP contribution in [-0.4, -0.2) is 18.4 Å². The average Bonchev–Trinajstić information content (AvgIpc) is 2.74.